The largest absolute Gasteiger partial charge is 0.398 e. The number of amides is 1. The number of anilines is 2. The number of nitrogen functional groups attached to an aromatic ring is 1. The lowest BCUT2D eigenvalue weighted by Crippen LogP contribution is -2.14. The molecule has 0 aliphatic carbocycles. The number of aromatic nitrogens is 1. The van der Waals surface area contributed by atoms with Gasteiger partial charge in [0.25, 0.3) is 11.6 Å². The van der Waals surface area contributed by atoms with E-state index in [1.165, 1.54) is 18.3 Å². The molecule has 96 valence electrons. The summed E-state index contributed by atoms with van der Waals surface area (Å²) in [5, 5.41) is 13.2. The monoisotopic (exact) mass is 258 g/mol. The molecule has 0 saturated carbocycles. The van der Waals surface area contributed by atoms with Crippen LogP contribution in [0.1, 0.15) is 10.4 Å². The van der Waals surface area contributed by atoms with Crippen LogP contribution >= 0.6 is 0 Å². The molecule has 0 aliphatic heterocycles. The maximum atomic E-state index is 12.0. The second-order valence-corrected chi connectivity index (χ2v) is 3.72. The third-order valence-corrected chi connectivity index (χ3v) is 2.41. The highest BCUT2D eigenvalue weighted by Gasteiger charge is 2.15. The van der Waals surface area contributed by atoms with Gasteiger partial charge < -0.3 is 11.1 Å². The van der Waals surface area contributed by atoms with Crippen molar-refractivity contribution in [1.29, 1.82) is 0 Å². The molecule has 0 aliphatic rings. The Morgan fingerprint density at radius 3 is 2.79 bits per heavy atom. The van der Waals surface area contributed by atoms with Crippen molar-refractivity contribution in [3.8, 4) is 0 Å². The Morgan fingerprint density at radius 2 is 2.16 bits per heavy atom. The van der Waals surface area contributed by atoms with Crippen molar-refractivity contribution in [2.24, 2.45) is 0 Å². The Hall–Kier alpha value is -2.96. The molecule has 7 heteroatoms. The molecular formula is C12H10N4O3. The van der Waals surface area contributed by atoms with Crippen LogP contribution in [0, 0.1) is 10.1 Å². The smallest absolute Gasteiger partial charge is 0.270 e. The van der Waals surface area contributed by atoms with Crippen LogP contribution < -0.4 is 11.1 Å². The molecule has 0 bridgehead atoms. The van der Waals surface area contributed by atoms with Gasteiger partial charge in [0, 0.05) is 24.0 Å². The van der Waals surface area contributed by atoms with Crippen molar-refractivity contribution >= 4 is 23.0 Å². The second-order valence-electron chi connectivity index (χ2n) is 3.72. The van der Waals surface area contributed by atoms with E-state index in [4.69, 9.17) is 5.73 Å². The Kier molecular flexibility index (Phi) is 3.37. The van der Waals surface area contributed by atoms with E-state index >= 15 is 0 Å². The molecule has 1 amide bonds. The zero-order valence-electron chi connectivity index (χ0n) is 9.74. The highest BCUT2D eigenvalue weighted by Crippen LogP contribution is 2.20. The van der Waals surface area contributed by atoms with Crippen LogP contribution in [-0.4, -0.2) is 15.8 Å². The van der Waals surface area contributed by atoms with Gasteiger partial charge >= 0.3 is 0 Å². The van der Waals surface area contributed by atoms with Gasteiger partial charge in [-0.3, -0.25) is 19.9 Å². The number of carbonyl (C=O) groups excluding carboxylic acids is 1. The van der Waals surface area contributed by atoms with Crippen molar-refractivity contribution in [3.63, 3.8) is 0 Å². The van der Waals surface area contributed by atoms with Gasteiger partial charge in [0.05, 0.1) is 22.4 Å². The Labute approximate surface area is 108 Å². The molecule has 2 aromatic rings. The van der Waals surface area contributed by atoms with Crippen LogP contribution in [0.2, 0.25) is 0 Å². The first-order chi connectivity index (χ1) is 9.08. The molecule has 0 atom stereocenters. The summed E-state index contributed by atoms with van der Waals surface area (Å²) in [7, 11) is 0. The topological polar surface area (TPSA) is 111 Å². The summed E-state index contributed by atoms with van der Waals surface area (Å²) in [5.41, 5.74) is 6.17. The van der Waals surface area contributed by atoms with Gasteiger partial charge in [0.15, 0.2) is 0 Å². The van der Waals surface area contributed by atoms with E-state index in [9.17, 15) is 14.9 Å². The molecule has 0 radical (unpaired) electrons. The minimum atomic E-state index is -0.583. The molecule has 1 heterocycles. The van der Waals surface area contributed by atoms with Crippen LogP contribution in [-0.2, 0) is 0 Å². The van der Waals surface area contributed by atoms with Crippen LogP contribution in [0.25, 0.3) is 0 Å². The molecule has 0 fully saturated rings. The highest BCUT2D eigenvalue weighted by molar-refractivity contribution is 6.08. The maximum Gasteiger partial charge on any atom is 0.270 e. The fourth-order valence-electron chi connectivity index (χ4n) is 1.49. The number of pyridine rings is 1. The average molecular weight is 258 g/mol. The third kappa shape index (κ3) is 2.83. The molecule has 0 unspecified atom stereocenters. The highest BCUT2D eigenvalue weighted by atomic mass is 16.6. The van der Waals surface area contributed by atoms with Gasteiger partial charge in [-0.05, 0) is 18.2 Å². The Morgan fingerprint density at radius 1 is 1.37 bits per heavy atom. The molecular weight excluding hydrogens is 248 g/mol. The molecule has 0 spiro atoms. The standard InChI is InChI=1S/C12H10N4O3/c13-11-4-3-9(16(18)19)6-10(11)12(17)15-8-2-1-5-14-7-8/h1-7H,13H2,(H,15,17). The van der Waals surface area contributed by atoms with E-state index in [0.717, 1.165) is 6.07 Å². The van der Waals surface area contributed by atoms with Crippen molar-refractivity contribution in [3.05, 3.63) is 58.4 Å². The van der Waals surface area contributed by atoms with E-state index < -0.39 is 10.8 Å². The number of non-ortho nitro benzene ring substituents is 1. The normalized spacial score (nSPS) is 9.89. The van der Waals surface area contributed by atoms with Gasteiger partial charge in [0.1, 0.15) is 0 Å². The lowest BCUT2D eigenvalue weighted by Gasteiger charge is -2.06. The zero-order chi connectivity index (χ0) is 13.8. The minimum absolute atomic E-state index is 0.0538. The first-order valence-electron chi connectivity index (χ1n) is 5.33. The lowest BCUT2D eigenvalue weighted by atomic mass is 10.1. The molecule has 1 aromatic heterocycles. The number of benzene rings is 1. The summed E-state index contributed by atoms with van der Waals surface area (Å²) in [4.78, 5) is 25.9. The lowest BCUT2D eigenvalue weighted by molar-refractivity contribution is -0.384. The van der Waals surface area contributed by atoms with E-state index in [2.05, 4.69) is 10.3 Å². The molecule has 0 saturated heterocycles. The Bertz CT molecular complexity index is 628. The fraction of sp³-hybridized carbons (Fsp3) is 0. The number of rotatable bonds is 3. The first kappa shape index (κ1) is 12.5. The quantitative estimate of drug-likeness (QED) is 0.495. The number of carbonyl (C=O) groups is 1. The van der Waals surface area contributed by atoms with E-state index in [1.807, 2.05) is 0 Å². The van der Waals surface area contributed by atoms with Crippen molar-refractivity contribution in [1.82, 2.24) is 4.98 Å². The van der Waals surface area contributed by atoms with Gasteiger partial charge in [-0.2, -0.15) is 0 Å². The number of nitrogens with two attached hydrogens (primary N) is 1. The van der Waals surface area contributed by atoms with Gasteiger partial charge in [0.2, 0.25) is 0 Å². The third-order valence-electron chi connectivity index (χ3n) is 2.41. The molecule has 2 rings (SSSR count). The predicted octanol–water partition coefficient (Wildman–Crippen LogP) is 1.82. The summed E-state index contributed by atoms with van der Waals surface area (Å²) in [6.07, 6.45) is 3.03. The molecule has 7 nitrogen and oxygen atoms in total. The SMILES string of the molecule is Nc1ccc([N+](=O)[O-])cc1C(=O)Nc1cccnc1. The number of nitrogens with zero attached hydrogens (tertiary/aromatic N) is 2. The second kappa shape index (κ2) is 5.13. The number of hydrogen-bond donors (Lipinski definition) is 2. The van der Waals surface area contributed by atoms with E-state index in [0.29, 0.717) is 5.69 Å². The Balaban J connectivity index is 2.28. The van der Waals surface area contributed by atoms with Crippen molar-refractivity contribution in [2.45, 2.75) is 0 Å². The summed E-state index contributed by atoms with van der Waals surface area (Å²) < 4.78 is 0. The van der Waals surface area contributed by atoms with Crippen LogP contribution in [0.4, 0.5) is 17.1 Å². The van der Waals surface area contributed by atoms with Gasteiger partial charge in [-0.1, -0.05) is 0 Å². The first-order valence-corrected chi connectivity index (χ1v) is 5.33. The summed E-state index contributed by atoms with van der Waals surface area (Å²) in [6.45, 7) is 0. The zero-order valence-corrected chi connectivity index (χ0v) is 9.74. The molecule has 19 heavy (non-hydrogen) atoms. The van der Waals surface area contributed by atoms with E-state index in [1.54, 1.807) is 18.3 Å². The fourth-order valence-corrected chi connectivity index (χ4v) is 1.49. The summed E-state index contributed by atoms with van der Waals surface area (Å²) >= 11 is 0. The molecule has 1 aromatic carbocycles. The number of hydrogen-bond acceptors (Lipinski definition) is 5. The van der Waals surface area contributed by atoms with E-state index in [-0.39, 0.29) is 16.9 Å². The number of nitrogens with one attached hydrogen (secondary N) is 1. The number of nitro groups is 1. The van der Waals surface area contributed by atoms with Crippen LogP contribution in [0.3, 0.4) is 0 Å². The maximum absolute atomic E-state index is 12.0. The van der Waals surface area contributed by atoms with Gasteiger partial charge in [-0.25, -0.2) is 0 Å². The van der Waals surface area contributed by atoms with Crippen molar-refractivity contribution in [2.75, 3.05) is 11.1 Å². The van der Waals surface area contributed by atoms with Crippen LogP contribution in [0.5, 0.6) is 0 Å². The van der Waals surface area contributed by atoms with Crippen molar-refractivity contribution < 1.29 is 9.72 Å². The predicted molar refractivity (Wildman–Crippen MR) is 69.7 cm³/mol. The minimum Gasteiger partial charge on any atom is -0.398 e. The van der Waals surface area contributed by atoms with Crippen LogP contribution in [0.15, 0.2) is 42.7 Å². The summed E-state index contributed by atoms with van der Waals surface area (Å²) in [5.74, 6) is -0.519. The average Bonchev–Trinajstić information content (AvgIpc) is 2.40. The van der Waals surface area contributed by atoms with Gasteiger partial charge in [-0.15, -0.1) is 0 Å². The molecule has 3 N–H and O–H groups in total. The summed E-state index contributed by atoms with van der Waals surface area (Å²) in [6, 6.07) is 7.03. The number of nitro benzene ring substituents is 1.